The average Bonchev–Trinajstić information content (AvgIpc) is 2.71. The lowest BCUT2D eigenvalue weighted by Crippen LogP contribution is -2.48. The smallest absolute Gasteiger partial charge is 0.257 e. The van der Waals surface area contributed by atoms with Gasteiger partial charge >= 0.3 is 0 Å². The molecule has 0 aliphatic carbocycles. The van der Waals surface area contributed by atoms with Crippen molar-refractivity contribution in [3.63, 3.8) is 0 Å². The van der Waals surface area contributed by atoms with Gasteiger partial charge in [0.25, 0.3) is 5.91 Å². The van der Waals surface area contributed by atoms with Crippen LogP contribution in [-0.2, 0) is 0 Å². The number of hydrogen-bond donors (Lipinski definition) is 1. The molecule has 3 rings (SSSR count). The molecule has 1 amide bonds. The number of halogens is 1. The van der Waals surface area contributed by atoms with E-state index in [9.17, 15) is 4.79 Å². The van der Waals surface area contributed by atoms with Crippen molar-refractivity contribution in [2.45, 2.75) is 26.2 Å². The average molecular weight is 388 g/mol. The first-order valence-corrected chi connectivity index (χ1v) is 9.91. The van der Waals surface area contributed by atoms with Gasteiger partial charge in [-0.15, -0.1) is 0 Å². The minimum atomic E-state index is -0.0155. The van der Waals surface area contributed by atoms with Crippen molar-refractivity contribution in [1.29, 1.82) is 0 Å². The molecule has 7 heteroatoms. The van der Waals surface area contributed by atoms with Crippen molar-refractivity contribution in [2.75, 3.05) is 42.9 Å². The first kappa shape index (κ1) is 19.4. The van der Waals surface area contributed by atoms with E-state index >= 15 is 0 Å². The van der Waals surface area contributed by atoms with Crippen LogP contribution in [0.1, 0.15) is 36.5 Å². The quantitative estimate of drug-likeness (QED) is 0.734. The molecule has 0 saturated carbocycles. The number of aromatic nitrogens is 2. The minimum absolute atomic E-state index is 0.0155. The number of hydrogen-bond acceptors (Lipinski definition) is 5. The number of benzene rings is 1. The predicted octanol–water partition coefficient (Wildman–Crippen LogP) is 3.69. The lowest BCUT2D eigenvalue weighted by molar-refractivity contribution is 0.0746. The Morgan fingerprint density at radius 1 is 1.15 bits per heavy atom. The second-order valence-corrected chi connectivity index (χ2v) is 7.12. The van der Waals surface area contributed by atoms with Crippen LogP contribution in [0.15, 0.2) is 36.7 Å². The summed E-state index contributed by atoms with van der Waals surface area (Å²) in [5.41, 5.74) is 1.63. The van der Waals surface area contributed by atoms with E-state index in [2.05, 4.69) is 27.1 Å². The SMILES string of the molecule is CCCCCNc1ncc(C(=O)N2CCN(c3cccc(Cl)c3)CC2)cn1. The van der Waals surface area contributed by atoms with Crippen LogP contribution in [0.4, 0.5) is 11.6 Å². The van der Waals surface area contributed by atoms with E-state index in [1.807, 2.05) is 29.2 Å². The van der Waals surface area contributed by atoms with Crippen LogP contribution >= 0.6 is 11.6 Å². The summed E-state index contributed by atoms with van der Waals surface area (Å²) in [6.07, 6.45) is 6.68. The van der Waals surface area contributed by atoms with Gasteiger partial charge in [-0.2, -0.15) is 0 Å². The monoisotopic (exact) mass is 387 g/mol. The van der Waals surface area contributed by atoms with Gasteiger partial charge in [0.1, 0.15) is 0 Å². The molecule has 0 bridgehead atoms. The fourth-order valence-corrected chi connectivity index (χ4v) is 3.31. The van der Waals surface area contributed by atoms with Crippen molar-refractivity contribution >= 4 is 29.1 Å². The molecule has 1 aliphatic heterocycles. The van der Waals surface area contributed by atoms with E-state index in [0.29, 0.717) is 24.6 Å². The van der Waals surface area contributed by atoms with E-state index < -0.39 is 0 Å². The summed E-state index contributed by atoms with van der Waals surface area (Å²) in [4.78, 5) is 25.3. The number of amides is 1. The molecule has 1 N–H and O–H groups in total. The maximum absolute atomic E-state index is 12.7. The highest BCUT2D eigenvalue weighted by Gasteiger charge is 2.23. The highest BCUT2D eigenvalue weighted by Crippen LogP contribution is 2.21. The van der Waals surface area contributed by atoms with E-state index in [4.69, 9.17) is 11.6 Å². The number of rotatable bonds is 7. The molecule has 1 aliphatic rings. The molecule has 1 fully saturated rings. The van der Waals surface area contributed by atoms with Crippen LogP contribution in [0, 0.1) is 0 Å². The summed E-state index contributed by atoms with van der Waals surface area (Å²) in [6, 6.07) is 7.82. The van der Waals surface area contributed by atoms with E-state index in [1.165, 1.54) is 12.8 Å². The standard InChI is InChI=1S/C20H26ClN5O/c1-2-3-4-8-22-20-23-14-16(15-24-20)19(27)26-11-9-25(10-12-26)18-7-5-6-17(21)13-18/h5-7,13-15H,2-4,8-12H2,1H3,(H,22,23,24). The zero-order valence-corrected chi connectivity index (χ0v) is 16.5. The lowest BCUT2D eigenvalue weighted by atomic mass is 10.2. The van der Waals surface area contributed by atoms with Crippen LogP contribution in [-0.4, -0.2) is 53.5 Å². The maximum Gasteiger partial charge on any atom is 0.257 e. The predicted molar refractivity (Wildman–Crippen MR) is 110 cm³/mol. The summed E-state index contributed by atoms with van der Waals surface area (Å²) in [5.74, 6) is 0.562. The molecule has 144 valence electrons. The van der Waals surface area contributed by atoms with E-state index in [-0.39, 0.29) is 5.91 Å². The van der Waals surface area contributed by atoms with Gasteiger partial charge < -0.3 is 15.1 Å². The molecule has 2 aromatic rings. The van der Waals surface area contributed by atoms with Gasteiger partial charge in [0.2, 0.25) is 5.95 Å². The highest BCUT2D eigenvalue weighted by atomic mass is 35.5. The van der Waals surface area contributed by atoms with Crippen LogP contribution in [0.3, 0.4) is 0 Å². The molecule has 27 heavy (non-hydrogen) atoms. The summed E-state index contributed by atoms with van der Waals surface area (Å²) in [5, 5.41) is 3.92. The molecule has 0 unspecified atom stereocenters. The molecule has 1 saturated heterocycles. The molecule has 2 heterocycles. The highest BCUT2D eigenvalue weighted by molar-refractivity contribution is 6.30. The molecule has 0 radical (unpaired) electrons. The molecular formula is C20H26ClN5O. The first-order valence-electron chi connectivity index (χ1n) is 9.53. The molecule has 0 spiro atoms. The second-order valence-electron chi connectivity index (χ2n) is 6.69. The number of nitrogens with one attached hydrogen (secondary N) is 1. The Hall–Kier alpha value is -2.34. The van der Waals surface area contributed by atoms with Gasteiger partial charge in [-0.1, -0.05) is 37.4 Å². The van der Waals surface area contributed by atoms with Crippen LogP contribution in [0.2, 0.25) is 5.02 Å². The summed E-state index contributed by atoms with van der Waals surface area (Å²) in [7, 11) is 0. The third-order valence-corrected chi connectivity index (χ3v) is 4.94. The molecule has 0 atom stereocenters. The number of carbonyl (C=O) groups is 1. The second kappa shape index (κ2) is 9.55. The topological polar surface area (TPSA) is 61.4 Å². The number of piperazine rings is 1. The maximum atomic E-state index is 12.7. The van der Waals surface area contributed by atoms with Gasteiger partial charge in [-0.25, -0.2) is 9.97 Å². The Kier molecular flexibility index (Phi) is 6.87. The Labute approximate surface area is 165 Å². The van der Waals surface area contributed by atoms with Crippen LogP contribution in [0.25, 0.3) is 0 Å². The summed E-state index contributed by atoms with van der Waals surface area (Å²) >= 11 is 6.07. The Morgan fingerprint density at radius 2 is 1.89 bits per heavy atom. The molecule has 1 aromatic heterocycles. The third kappa shape index (κ3) is 5.32. The number of carbonyl (C=O) groups excluding carboxylic acids is 1. The van der Waals surface area contributed by atoms with Crippen molar-refractivity contribution in [1.82, 2.24) is 14.9 Å². The molecule has 1 aromatic carbocycles. The molecular weight excluding hydrogens is 362 g/mol. The fourth-order valence-electron chi connectivity index (χ4n) is 3.13. The van der Waals surface area contributed by atoms with Crippen molar-refractivity contribution in [2.24, 2.45) is 0 Å². The van der Waals surface area contributed by atoms with Gasteiger partial charge in [0, 0.05) is 55.8 Å². The number of anilines is 2. The Morgan fingerprint density at radius 3 is 2.56 bits per heavy atom. The van der Waals surface area contributed by atoms with Gasteiger partial charge in [-0.05, 0) is 24.6 Å². The summed E-state index contributed by atoms with van der Waals surface area (Å²) < 4.78 is 0. The Balaban J connectivity index is 1.51. The van der Waals surface area contributed by atoms with Crippen LogP contribution < -0.4 is 10.2 Å². The van der Waals surface area contributed by atoms with Gasteiger partial charge in [0.05, 0.1) is 5.56 Å². The summed E-state index contributed by atoms with van der Waals surface area (Å²) in [6.45, 7) is 5.93. The van der Waals surface area contributed by atoms with Crippen molar-refractivity contribution in [3.8, 4) is 0 Å². The van der Waals surface area contributed by atoms with Crippen LogP contribution in [0.5, 0.6) is 0 Å². The first-order chi connectivity index (χ1) is 13.2. The normalized spacial score (nSPS) is 14.3. The van der Waals surface area contributed by atoms with Gasteiger partial charge in [0.15, 0.2) is 0 Å². The number of nitrogens with zero attached hydrogens (tertiary/aromatic N) is 4. The third-order valence-electron chi connectivity index (χ3n) is 4.70. The lowest BCUT2D eigenvalue weighted by Gasteiger charge is -2.36. The van der Waals surface area contributed by atoms with Crippen molar-refractivity contribution < 1.29 is 4.79 Å². The Bertz CT molecular complexity index is 744. The zero-order valence-electron chi connectivity index (χ0n) is 15.7. The van der Waals surface area contributed by atoms with Crippen molar-refractivity contribution in [3.05, 3.63) is 47.2 Å². The van der Waals surface area contributed by atoms with Gasteiger partial charge in [-0.3, -0.25) is 4.79 Å². The number of unbranched alkanes of at least 4 members (excludes halogenated alkanes) is 2. The fraction of sp³-hybridized carbons (Fsp3) is 0.450. The van der Waals surface area contributed by atoms with E-state index in [0.717, 1.165) is 36.8 Å². The molecule has 6 nitrogen and oxygen atoms in total. The minimum Gasteiger partial charge on any atom is -0.368 e. The van der Waals surface area contributed by atoms with E-state index in [1.54, 1.807) is 12.4 Å². The zero-order chi connectivity index (χ0) is 19.1. The largest absolute Gasteiger partial charge is 0.368 e.